The molecule has 1 aromatic carbocycles. The molecule has 1 aliphatic heterocycles. The van der Waals surface area contributed by atoms with Gasteiger partial charge in [-0.25, -0.2) is 4.98 Å². The van der Waals surface area contributed by atoms with Crippen molar-refractivity contribution in [2.45, 2.75) is 19.9 Å². The van der Waals surface area contributed by atoms with Crippen LogP contribution in [0.3, 0.4) is 0 Å². The molecule has 0 bridgehead atoms. The number of aromatic nitrogens is 2. The molecule has 0 saturated heterocycles. The van der Waals surface area contributed by atoms with Crippen LogP contribution in [0.5, 0.6) is 0 Å². The van der Waals surface area contributed by atoms with Gasteiger partial charge in [-0.15, -0.1) is 11.3 Å². The second kappa shape index (κ2) is 5.11. The van der Waals surface area contributed by atoms with Gasteiger partial charge in [0.2, 0.25) is 0 Å². The molecule has 1 amide bonds. The highest BCUT2D eigenvalue weighted by Gasteiger charge is 2.25. The summed E-state index contributed by atoms with van der Waals surface area (Å²) in [5.41, 5.74) is 2.65. The summed E-state index contributed by atoms with van der Waals surface area (Å²) in [5.74, 6) is 0.0315. The molecule has 0 radical (unpaired) electrons. The maximum atomic E-state index is 12.7. The summed E-state index contributed by atoms with van der Waals surface area (Å²) in [6.45, 7) is 3.37. The Kier molecular flexibility index (Phi) is 3.20. The molecular weight excluding hydrogens is 318 g/mol. The SMILES string of the molecule is Cc1nc2c(s1)CN(C(=O)c1cc3ccc(Cl)cc3[nH]1)CC2. The van der Waals surface area contributed by atoms with Gasteiger partial charge in [0.1, 0.15) is 5.69 Å². The van der Waals surface area contributed by atoms with Gasteiger partial charge in [0.05, 0.1) is 17.2 Å². The van der Waals surface area contributed by atoms with Crippen molar-refractivity contribution in [3.05, 3.63) is 50.6 Å². The molecule has 22 heavy (non-hydrogen) atoms. The highest BCUT2D eigenvalue weighted by Crippen LogP contribution is 2.26. The molecule has 2 aromatic heterocycles. The number of aryl methyl sites for hydroxylation is 1. The lowest BCUT2D eigenvalue weighted by Crippen LogP contribution is -2.35. The minimum atomic E-state index is 0.0315. The van der Waals surface area contributed by atoms with Gasteiger partial charge >= 0.3 is 0 Å². The Hall–Kier alpha value is -1.85. The molecule has 0 aliphatic carbocycles. The van der Waals surface area contributed by atoms with Gasteiger partial charge in [-0.2, -0.15) is 0 Å². The normalized spacial score (nSPS) is 14.4. The van der Waals surface area contributed by atoms with Crippen LogP contribution in [0, 0.1) is 6.92 Å². The van der Waals surface area contributed by atoms with Gasteiger partial charge in [0.25, 0.3) is 5.91 Å². The molecule has 112 valence electrons. The van der Waals surface area contributed by atoms with Crippen molar-refractivity contribution in [2.24, 2.45) is 0 Å². The van der Waals surface area contributed by atoms with Crippen LogP contribution >= 0.6 is 22.9 Å². The van der Waals surface area contributed by atoms with E-state index in [1.165, 1.54) is 4.88 Å². The molecule has 6 heteroatoms. The molecule has 1 N–H and O–H groups in total. The average molecular weight is 332 g/mol. The van der Waals surface area contributed by atoms with Crippen LogP contribution in [-0.4, -0.2) is 27.3 Å². The van der Waals surface area contributed by atoms with E-state index in [0.717, 1.165) is 28.0 Å². The van der Waals surface area contributed by atoms with Gasteiger partial charge in [-0.05, 0) is 25.1 Å². The van der Waals surface area contributed by atoms with Crippen LogP contribution in [0.2, 0.25) is 5.02 Å². The van der Waals surface area contributed by atoms with Gasteiger partial charge in [0.15, 0.2) is 0 Å². The molecular formula is C16H14ClN3OS. The maximum Gasteiger partial charge on any atom is 0.270 e. The lowest BCUT2D eigenvalue weighted by molar-refractivity contribution is 0.0731. The fourth-order valence-corrected chi connectivity index (χ4v) is 4.05. The largest absolute Gasteiger partial charge is 0.350 e. The summed E-state index contributed by atoms with van der Waals surface area (Å²) in [5, 5.41) is 2.73. The highest BCUT2D eigenvalue weighted by molar-refractivity contribution is 7.11. The molecule has 0 atom stereocenters. The third-order valence-electron chi connectivity index (χ3n) is 3.94. The third kappa shape index (κ3) is 2.30. The third-order valence-corrected chi connectivity index (χ3v) is 5.17. The molecule has 0 spiro atoms. The monoisotopic (exact) mass is 331 g/mol. The van der Waals surface area contributed by atoms with Crippen LogP contribution in [0.25, 0.3) is 10.9 Å². The van der Waals surface area contributed by atoms with E-state index in [4.69, 9.17) is 11.6 Å². The van der Waals surface area contributed by atoms with Gasteiger partial charge in [0, 0.05) is 33.8 Å². The molecule has 4 nitrogen and oxygen atoms in total. The number of carbonyl (C=O) groups is 1. The van der Waals surface area contributed by atoms with Crippen molar-refractivity contribution < 1.29 is 4.79 Å². The maximum absolute atomic E-state index is 12.7. The number of thiazole rings is 1. The highest BCUT2D eigenvalue weighted by atomic mass is 35.5. The number of benzene rings is 1. The fraction of sp³-hybridized carbons (Fsp3) is 0.250. The first-order valence-corrected chi connectivity index (χ1v) is 8.32. The predicted octanol–water partition coefficient (Wildman–Crippen LogP) is 3.78. The molecule has 1 aliphatic rings. The van der Waals surface area contributed by atoms with E-state index in [0.29, 0.717) is 23.8 Å². The van der Waals surface area contributed by atoms with E-state index in [-0.39, 0.29) is 5.91 Å². The first-order chi connectivity index (χ1) is 10.6. The van der Waals surface area contributed by atoms with Crippen molar-refractivity contribution in [1.29, 1.82) is 0 Å². The lowest BCUT2D eigenvalue weighted by atomic mass is 10.1. The zero-order valence-electron chi connectivity index (χ0n) is 12.0. The Labute approximate surface area is 136 Å². The van der Waals surface area contributed by atoms with Gasteiger partial charge < -0.3 is 9.88 Å². The van der Waals surface area contributed by atoms with E-state index < -0.39 is 0 Å². The van der Waals surface area contributed by atoms with Crippen molar-refractivity contribution in [2.75, 3.05) is 6.54 Å². The number of nitrogens with one attached hydrogen (secondary N) is 1. The Morgan fingerprint density at radius 1 is 1.41 bits per heavy atom. The molecule has 0 fully saturated rings. The number of aromatic amines is 1. The van der Waals surface area contributed by atoms with Crippen LogP contribution < -0.4 is 0 Å². The molecule has 3 aromatic rings. The summed E-state index contributed by atoms with van der Waals surface area (Å²) in [6, 6.07) is 7.49. The Balaban J connectivity index is 1.63. The Morgan fingerprint density at radius 2 is 2.27 bits per heavy atom. The molecule has 0 saturated carbocycles. The number of H-pyrrole nitrogens is 1. The zero-order valence-corrected chi connectivity index (χ0v) is 13.6. The first kappa shape index (κ1) is 13.8. The second-order valence-electron chi connectivity index (χ2n) is 5.49. The number of rotatable bonds is 1. The minimum absolute atomic E-state index is 0.0315. The van der Waals surface area contributed by atoms with Crippen molar-refractivity contribution in [1.82, 2.24) is 14.9 Å². The predicted molar refractivity (Wildman–Crippen MR) is 88.6 cm³/mol. The van der Waals surface area contributed by atoms with E-state index in [1.54, 1.807) is 11.3 Å². The second-order valence-corrected chi connectivity index (χ2v) is 7.22. The Bertz CT molecular complexity index is 883. The van der Waals surface area contributed by atoms with E-state index in [2.05, 4.69) is 9.97 Å². The van der Waals surface area contributed by atoms with E-state index >= 15 is 0 Å². The molecule has 0 unspecified atom stereocenters. The fourth-order valence-electron chi connectivity index (χ4n) is 2.88. The summed E-state index contributed by atoms with van der Waals surface area (Å²) in [7, 11) is 0. The number of amides is 1. The van der Waals surface area contributed by atoms with E-state index in [1.807, 2.05) is 36.1 Å². The quantitative estimate of drug-likeness (QED) is 0.737. The lowest BCUT2D eigenvalue weighted by Gasteiger charge is -2.25. The summed E-state index contributed by atoms with van der Waals surface area (Å²) in [4.78, 5) is 23.5. The number of hydrogen-bond donors (Lipinski definition) is 1. The average Bonchev–Trinajstić information content (AvgIpc) is 3.07. The van der Waals surface area contributed by atoms with Gasteiger partial charge in [-0.1, -0.05) is 17.7 Å². The van der Waals surface area contributed by atoms with Crippen LogP contribution in [0.1, 0.15) is 26.1 Å². The standard InChI is InChI=1S/C16H14ClN3OS/c1-9-18-12-4-5-20(8-15(12)22-9)16(21)14-6-10-2-3-11(17)7-13(10)19-14/h2-3,6-7,19H,4-5,8H2,1H3. The van der Waals surface area contributed by atoms with Crippen LogP contribution in [0.15, 0.2) is 24.3 Å². The Morgan fingerprint density at radius 3 is 3.14 bits per heavy atom. The summed E-state index contributed by atoms with van der Waals surface area (Å²) in [6.07, 6.45) is 0.831. The number of hydrogen-bond acceptors (Lipinski definition) is 3. The number of nitrogens with zero attached hydrogens (tertiary/aromatic N) is 2. The van der Waals surface area contributed by atoms with Crippen molar-refractivity contribution >= 4 is 39.7 Å². The number of carbonyl (C=O) groups excluding carboxylic acids is 1. The smallest absolute Gasteiger partial charge is 0.270 e. The van der Waals surface area contributed by atoms with Crippen LogP contribution in [0.4, 0.5) is 0 Å². The van der Waals surface area contributed by atoms with Gasteiger partial charge in [-0.3, -0.25) is 4.79 Å². The first-order valence-electron chi connectivity index (χ1n) is 7.13. The van der Waals surface area contributed by atoms with E-state index in [9.17, 15) is 4.79 Å². The minimum Gasteiger partial charge on any atom is -0.350 e. The topological polar surface area (TPSA) is 49.0 Å². The summed E-state index contributed by atoms with van der Waals surface area (Å²) < 4.78 is 0. The number of halogens is 1. The van der Waals surface area contributed by atoms with Crippen molar-refractivity contribution in [3.8, 4) is 0 Å². The summed E-state index contributed by atoms with van der Waals surface area (Å²) >= 11 is 7.67. The molecule has 4 rings (SSSR count). The van der Waals surface area contributed by atoms with Crippen molar-refractivity contribution in [3.63, 3.8) is 0 Å². The zero-order chi connectivity index (χ0) is 15.3. The number of fused-ring (bicyclic) bond motifs is 2. The van der Waals surface area contributed by atoms with Crippen LogP contribution in [-0.2, 0) is 13.0 Å². The molecule has 3 heterocycles.